The molecule has 0 radical (unpaired) electrons. The molecule has 0 aliphatic carbocycles. The molecule has 2 aromatic carbocycles. The predicted octanol–water partition coefficient (Wildman–Crippen LogP) is 0.743. The molecule has 1 N–H and O–H groups in total. The van der Waals surface area contributed by atoms with Crippen molar-refractivity contribution >= 4 is 46.5 Å². The van der Waals surface area contributed by atoms with E-state index in [2.05, 4.69) is 4.98 Å². The average molecular weight is 467 g/mol. The second-order valence-electron chi connectivity index (χ2n) is 7.97. The number of nitrogens with zero attached hydrogens (tertiary/aromatic N) is 5. The summed E-state index contributed by atoms with van der Waals surface area (Å²) in [5, 5.41) is 11.2. The van der Waals surface area contributed by atoms with Gasteiger partial charge in [0.2, 0.25) is 11.7 Å². The van der Waals surface area contributed by atoms with Crippen molar-refractivity contribution in [3.05, 3.63) is 109 Å². The van der Waals surface area contributed by atoms with E-state index < -0.39 is 16.8 Å². The van der Waals surface area contributed by atoms with E-state index >= 15 is 0 Å². The van der Waals surface area contributed by atoms with Crippen LogP contribution in [0.3, 0.4) is 0 Å². The molecule has 10 heteroatoms. The molecular weight excluding hydrogens is 445 g/mol. The summed E-state index contributed by atoms with van der Waals surface area (Å²) in [4.78, 5) is 43.6. The Kier molecular flexibility index (Phi) is 6.35. The summed E-state index contributed by atoms with van der Waals surface area (Å²) in [6, 6.07) is 18.7. The summed E-state index contributed by atoms with van der Waals surface area (Å²) in [5.41, 5.74) is 0.389. The molecular formula is C24H22N5NaO4. The van der Waals surface area contributed by atoms with Gasteiger partial charge in [0, 0.05) is 20.5 Å². The number of benzene rings is 2. The number of hydrogen-bond acceptors (Lipinski definition) is 5. The summed E-state index contributed by atoms with van der Waals surface area (Å²) in [7, 11) is 2.86. The Labute approximate surface area is 215 Å². The standard InChI is InChI=1S/C24H21N5O4.Na.H/c1-26-19-18(22(32)27(2)24(26)33)29-21(31)17(13-15-9-5-3-6-10-15)20(30)28(23(29)25-19)14-16-11-7-4-8-12-16;;/h3-12,31H,13-14H2,1-2H3;;. The van der Waals surface area contributed by atoms with Gasteiger partial charge in [0.15, 0.2) is 11.2 Å². The van der Waals surface area contributed by atoms with Crippen LogP contribution in [-0.2, 0) is 27.1 Å². The molecule has 5 aromatic rings. The maximum atomic E-state index is 13.6. The van der Waals surface area contributed by atoms with Crippen LogP contribution in [0.2, 0.25) is 0 Å². The zero-order chi connectivity index (χ0) is 23.3. The van der Waals surface area contributed by atoms with Gasteiger partial charge in [0.25, 0.3) is 11.1 Å². The second-order valence-corrected chi connectivity index (χ2v) is 7.97. The van der Waals surface area contributed by atoms with Crippen molar-refractivity contribution in [2.45, 2.75) is 13.0 Å². The van der Waals surface area contributed by atoms with Crippen molar-refractivity contribution in [3.8, 4) is 5.88 Å². The molecule has 0 aliphatic heterocycles. The van der Waals surface area contributed by atoms with Crippen molar-refractivity contribution in [1.29, 1.82) is 0 Å². The summed E-state index contributed by atoms with van der Waals surface area (Å²) in [6.45, 7) is 0.183. The fraction of sp³-hybridized carbons (Fsp3) is 0.167. The molecule has 0 saturated carbocycles. The van der Waals surface area contributed by atoms with E-state index in [4.69, 9.17) is 0 Å². The van der Waals surface area contributed by atoms with Crippen LogP contribution in [0.15, 0.2) is 75.0 Å². The Morgan fingerprint density at radius 1 is 0.824 bits per heavy atom. The van der Waals surface area contributed by atoms with Crippen molar-refractivity contribution in [1.82, 2.24) is 23.1 Å². The van der Waals surface area contributed by atoms with E-state index in [1.165, 1.54) is 27.6 Å². The Bertz CT molecular complexity index is 1700. The second kappa shape index (κ2) is 9.09. The van der Waals surface area contributed by atoms with Gasteiger partial charge >= 0.3 is 35.2 Å². The molecule has 0 amide bonds. The number of hydrogen-bond donors (Lipinski definition) is 1. The minimum atomic E-state index is -0.605. The molecule has 0 aliphatic rings. The van der Waals surface area contributed by atoms with Crippen molar-refractivity contribution in [3.63, 3.8) is 0 Å². The van der Waals surface area contributed by atoms with Gasteiger partial charge in [0.1, 0.15) is 0 Å². The van der Waals surface area contributed by atoms with Gasteiger partial charge in [-0.3, -0.25) is 23.3 Å². The Morgan fingerprint density at radius 3 is 2.03 bits per heavy atom. The molecule has 9 nitrogen and oxygen atoms in total. The summed E-state index contributed by atoms with van der Waals surface area (Å²) in [5.74, 6) is -0.270. The van der Waals surface area contributed by atoms with Gasteiger partial charge in [-0.15, -0.1) is 0 Å². The van der Waals surface area contributed by atoms with E-state index in [9.17, 15) is 19.5 Å². The quantitative estimate of drug-likeness (QED) is 0.393. The average Bonchev–Trinajstić information content (AvgIpc) is 3.24. The van der Waals surface area contributed by atoms with Crippen LogP contribution in [0, 0.1) is 0 Å². The minimum absolute atomic E-state index is 0. The van der Waals surface area contributed by atoms with Crippen LogP contribution < -0.4 is 16.8 Å². The van der Waals surface area contributed by atoms with Crippen LogP contribution in [0.25, 0.3) is 16.9 Å². The molecule has 3 aromatic heterocycles. The van der Waals surface area contributed by atoms with Gasteiger partial charge in [-0.25, -0.2) is 9.20 Å². The first-order chi connectivity index (χ1) is 15.9. The van der Waals surface area contributed by atoms with Crippen LogP contribution in [0.5, 0.6) is 5.88 Å². The molecule has 0 bridgehead atoms. The number of aromatic hydroxyl groups is 1. The number of rotatable bonds is 4. The van der Waals surface area contributed by atoms with Crippen LogP contribution in [0.4, 0.5) is 0 Å². The van der Waals surface area contributed by atoms with Crippen LogP contribution in [0.1, 0.15) is 16.7 Å². The molecule has 34 heavy (non-hydrogen) atoms. The number of aryl methyl sites for hydroxylation is 1. The SMILES string of the molecule is Cn1c(=O)c2c(nc3n(Cc4ccccc4)c(=O)c(Cc4ccccc4)c(O)n23)n(C)c1=O.[NaH]. The van der Waals surface area contributed by atoms with Crippen molar-refractivity contribution < 1.29 is 5.11 Å². The first-order valence-corrected chi connectivity index (χ1v) is 10.4. The molecule has 0 saturated heterocycles. The number of fused-ring (bicyclic) bond motifs is 3. The first kappa shape index (κ1) is 23.7. The summed E-state index contributed by atoms with van der Waals surface area (Å²) >= 11 is 0. The van der Waals surface area contributed by atoms with E-state index in [1.807, 2.05) is 60.7 Å². The molecule has 0 unspecified atom stereocenters. The molecule has 0 fully saturated rings. The maximum absolute atomic E-state index is 13.6. The monoisotopic (exact) mass is 467 g/mol. The molecule has 168 valence electrons. The normalized spacial score (nSPS) is 11.1. The van der Waals surface area contributed by atoms with Gasteiger partial charge in [-0.05, 0) is 11.1 Å². The van der Waals surface area contributed by atoms with E-state index in [-0.39, 0.29) is 70.9 Å². The van der Waals surface area contributed by atoms with E-state index in [0.717, 1.165) is 15.7 Å². The third kappa shape index (κ3) is 3.71. The van der Waals surface area contributed by atoms with Crippen LogP contribution in [-0.4, -0.2) is 57.7 Å². The molecule has 0 atom stereocenters. The van der Waals surface area contributed by atoms with E-state index in [0.29, 0.717) is 0 Å². The third-order valence-corrected chi connectivity index (χ3v) is 5.87. The van der Waals surface area contributed by atoms with E-state index in [1.54, 1.807) is 0 Å². The summed E-state index contributed by atoms with van der Waals surface area (Å²) in [6.07, 6.45) is 0.169. The summed E-state index contributed by atoms with van der Waals surface area (Å²) < 4.78 is 4.90. The molecule has 0 spiro atoms. The van der Waals surface area contributed by atoms with Gasteiger partial charge in [0.05, 0.1) is 12.1 Å². The fourth-order valence-corrected chi connectivity index (χ4v) is 4.11. The van der Waals surface area contributed by atoms with Gasteiger partial charge < -0.3 is 5.11 Å². The van der Waals surface area contributed by atoms with Gasteiger partial charge in [-0.2, -0.15) is 4.98 Å². The Balaban J connectivity index is 0.00000274. The zero-order valence-electron chi connectivity index (χ0n) is 18.1. The van der Waals surface area contributed by atoms with Crippen molar-refractivity contribution in [2.24, 2.45) is 14.1 Å². The Hall–Kier alpha value is -3.40. The number of aromatic nitrogens is 5. The third-order valence-electron chi connectivity index (χ3n) is 5.87. The van der Waals surface area contributed by atoms with Gasteiger partial charge in [-0.1, -0.05) is 60.7 Å². The molecule has 5 rings (SSSR count). The Morgan fingerprint density at radius 2 is 1.41 bits per heavy atom. The predicted molar refractivity (Wildman–Crippen MR) is 131 cm³/mol. The zero-order valence-corrected chi connectivity index (χ0v) is 18.1. The molecule has 3 heterocycles. The topological polar surface area (TPSA) is 104 Å². The first-order valence-electron chi connectivity index (χ1n) is 10.4. The van der Waals surface area contributed by atoms with Crippen molar-refractivity contribution in [2.75, 3.05) is 0 Å². The fourth-order valence-electron chi connectivity index (χ4n) is 4.11. The van der Waals surface area contributed by atoms with Crippen LogP contribution >= 0.6 is 0 Å². The number of imidazole rings is 1.